The van der Waals surface area contributed by atoms with Crippen molar-refractivity contribution in [1.82, 2.24) is 15.5 Å². The third-order valence-corrected chi connectivity index (χ3v) is 2.16. The number of hydrogen-bond donors (Lipinski definition) is 2. The van der Waals surface area contributed by atoms with E-state index in [1.54, 1.807) is 11.8 Å². The Labute approximate surface area is 83.8 Å². The minimum atomic E-state index is -0.491. The van der Waals surface area contributed by atoms with Crippen LogP contribution in [0.15, 0.2) is 0 Å². The first-order valence-corrected chi connectivity index (χ1v) is 5.03. The van der Waals surface area contributed by atoms with Gasteiger partial charge in [0.1, 0.15) is 0 Å². The Kier molecular flexibility index (Phi) is 4.39. The van der Waals surface area contributed by atoms with Gasteiger partial charge in [0.05, 0.1) is 0 Å². The lowest BCUT2D eigenvalue weighted by molar-refractivity contribution is -0.145. The molecular weight excluding hydrogens is 182 g/mol. The molecule has 0 bridgehead atoms. The highest BCUT2D eigenvalue weighted by molar-refractivity contribution is 6.34. The summed E-state index contributed by atoms with van der Waals surface area (Å²) in [6.07, 6.45) is 0.908. The maximum atomic E-state index is 11.5. The summed E-state index contributed by atoms with van der Waals surface area (Å²) in [7, 11) is 0. The standard InChI is InChI=1S/C9H17N3O2/c1-2-11-8(13)9(14)12-6-3-4-10-5-7-12/h10H,2-7H2,1H3,(H,11,13). The molecule has 80 valence electrons. The van der Waals surface area contributed by atoms with E-state index >= 15 is 0 Å². The van der Waals surface area contributed by atoms with Crippen LogP contribution in [-0.4, -0.2) is 49.4 Å². The largest absolute Gasteiger partial charge is 0.348 e. The van der Waals surface area contributed by atoms with Gasteiger partial charge in [0.15, 0.2) is 0 Å². The first-order valence-electron chi connectivity index (χ1n) is 5.03. The number of amides is 2. The van der Waals surface area contributed by atoms with Gasteiger partial charge in [-0.3, -0.25) is 9.59 Å². The number of carbonyl (C=O) groups is 2. The van der Waals surface area contributed by atoms with Crippen molar-refractivity contribution in [2.24, 2.45) is 0 Å². The molecule has 0 radical (unpaired) electrons. The smallest absolute Gasteiger partial charge is 0.311 e. The molecule has 1 aliphatic heterocycles. The van der Waals surface area contributed by atoms with Gasteiger partial charge in [-0.2, -0.15) is 0 Å². The number of rotatable bonds is 1. The van der Waals surface area contributed by atoms with Crippen molar-refractivity contribution in [3.63, 3.8) is 0 Å². The maximum Gasteiger partial charge on any atom is 0.311 e. The van der Waals surface area contributed by atoms with Gasteiger partial charge in [0, 0.05) is 26.2 Å². The summed E-state index contributed by atoms with van der Waals surface area (Å²) in [6, 6.07) is 0. The average Bonchev–Trinajstić information content (AvgIpc) is 2.45. The fourth-order valence-corrected chi connectivity index (χ4v) is 1.43. The van der Waals surface area contributed by atoms with Crippen LogP contribution >= 0.6 is 0 Å². The van der Waals surface area contributed by atoms with Crippen LogP contribution in [0.5, 0.6) is 0 Å². The van der Waals surface area contributed by atoms with E-state index in [1.165, 1.54) is 0 Å². The van der Waals surface area contributed by atoms with Crippen LogP contribution in [0.3, 0.4) is 0 Å². The maximum absolute atomic E-state index is 11.5. The van der Waals surface area contributed by atoms with Gasteiger partial charge in [-0.25, -0.2) is 0 Å². The first kappa shape index (κ1) is 11.0. The van der Waals surface area contributed by atoms with Gasteiger partial charge in [-0.15, -0.1) is 0 Å². The van der Waals surface area contributed by atoms with E-state index in [0.29, 0.717) is 19.6 Å². The highest BCUT2D eigenvalue weighted by Crippen LogP contribution is 1.95. The topological polar surface area (TPSA) is 61.4 Å². The lowest BCUT2D eigenvalue weighted by Gasteiger charge is -2.18. The summed E-state index contributed by atoms with van der Waals surface area (Å²) in [5.74, 6) is -0.898. The molecule has 0 unspecified atom stereocenters. The SMILES string of the molecule is CCNC(=O)C(=O)N1CCCNCC1. The normalized spacial score (nSPS) is 17.4. The third-order valence-electron chi connectivity index (χ3n) is 2.16. The Hall–Kier alpha value is -1.10. The second-order valence-electron chi connectivity index (χ2n) is 3.26. The fourth-order valence-electron chi connectivity index (χ4n) is 1.43. The van der Waals surface area contributed by atoms with E-state index in [2.05, 4.69) is 10.6 Å². The second-order valence-corrected chi connectivity index (χ2v) is 3.26. The zero-order chi connectivity index (χ0) is 10.4. The molecule has 14 heavy (non-hydrogen) atoms. The zero-order valence-corrected chi connectivity index (χ0v) is 8.51. The van der Waals surface area contributed by atoms with Crippen molar-refractivity contribution in [2.75, 3.05) is 32.7 Å². The van der Waals surface area contributed by atoms with E-state index in [-0.39, 0.29) is 0 Å². The van der Waals surface area contributed by atoms with Crippen molar-refractivity contribution in [2.45, 2.75) is 13.3 Å². The van der Waals surface area contributed by atoms with Crippen LogP contribution < -0.4 is 10.6 Å². The molecule has 2 N–H and O–H groups in total. The zero-order valence-electron chi connectivity index (χ0n) is 8.51. The lowest BCUT2D eigenvalue weighted by atomic mass is 10.3. The molecule has 1 aliphatic rings. The van der Waals surface area contributed by atoms with Crippen molar-refractivity contribution in [3.8, 4) is 0 Å². The molecule has 1 fully saturated rings. The van der Waals surface area contributed by atoms with Gasteiger partial charge < -0.3 is 15.5 Å². The van der Waals surface area contributed by atoms with Gasteiger partial charge in [0.25, 0.3) is 0 Å². The predicted molar refractivity (Wildman–Crippen MR) is 52.8 cm³/mol. The first-order chi connectivity index (χ1) is 6.75. The number of nitrogens with zero attached hydrogens (tertiary/aromatic N) is 1. The monoisotopic (exact) mass is 199 g/mol. The minimum absolute atomic E-state index is 0.407. The Morgan fingerprint density at radius 1 is 1.36 bits per heavy atom. The highest BCUT2D eigenvalue weighted by atomic mass is 16.2. The van der Waals surface area contributed by atoms with Crippen LogP contribution in [0.1, 0.15) is 13.3 Å². The molecule has 0 aromatic carbocycles. The summed E-state index contributed by atoms with van der Waals surface area (Å²) in [5, 5.41) is 5.69. The molecule has 0 aromatic rings. The minimum Gasteiger partial charge on any atom is -0.348 e. The number of likely N-dealkylation sites (N-methyl/N-ethyl adjacent to an activating group) is 1. The molecule has 0 aromatic heterocycles. The Bertz CT molecular complexity index is 210. The Balaban J connectivity index is 2.45. The Morgan fingerprint density at radius 2 is 2.14 bits per heavy atom. The van der Waals surface area contributed by atoms with E-state index in [9.17, 15) is 9.59 Å². The van der Waals surface area contributed by atoms with Crippen LogP contribution in [0.2, 0.25) is 0 Å². The number of hydrogen-bond acceptors (Lipinski definition) is 3. The van der Waals surface area contributed by atoms with E-state index in [4.69, 9.17) is 0 Å². The lowest BCUT2D eigenvalue weighted by Crippen LogP contribution is -2.44. The van der Waals surface area contributed by atoms with Gasteiger partial charge in [0.2, 0.25) is 0 Å². The van der Waals surface area contributed by atoms with Crippen LogP contribution in [0.25, 0.3) is 0 Å². The molecule has 0 aliphatic carbocycles. The van der Waals surface area contributed by atoms with E-state index in [1.807, 2.05) is 0 Å². The van der Waals surface area contributed by atoms with Crippen molar-refractivity contribution >= 4 is 11.8 Å². The van der Waals surface area contributed by atoms with Crippen LogP contribution in [0, 0.1) is 0 Å². The van der Waals surface area contributed by atoms with Crippen LogP contribution in [-0.2, 0) is 9.59 Å². The number of carbonyl (C=O) groups excluding carboxylic acids is 2. The Morgan fingerprint density at radius 3 is 2.86 bits per heavy atom. The van der Waals surface area contributed by atoms with Crippen molar-refractivity contribution in [1.29, 1.82) is 0 Å². The van der Waals surface area contributed by atoms with Crippen molar-refractivity contribution < 1.29 is 9.59 Å². The molecular formula is C9H17N3O2. The number of nitrogens with one attached hydrogen (secondary N) is 2. The van der Waals surface area contributed by atoms with Crippen LogP contribution in [0.4, 0.5) is 0 Å². The van der Waals surface area contributed by atoms with Crippen molar-refractivity contribution in [3.05, 3.63) is 0 Å². The second kappa shape index (κ2) is 5.59. The molecule has 0 spiro atoms. The summed E-state index contributed by atoms with van der Waals surface area (Å²) >= 11 is 0. The summed E-state index contributed by atoms with van der Waals surface area (Å²) in [4.78, 5) is 24.4. The molecule has 1 saturated heterocycles. The fraction of sp³-hybridized carbons (Fsp3) is 0.778. The molecule has 0 saturated carbocycles. The van der Waals surface area contributed by atoms with Gasteiger partial charge >= 0.3 is 11.8 Å². The average molecular weight is 199 g/mol. The molecule has 0 atom stereocenters. The molecule has 2 amide bonds. The molecule has 1 heterocycles. The quantitative estimate of drug-likeness (QED) is 0.529. The highest BCUT2D eigenvalue weighted by Gasteiger charge is 2.21. The summed E-state index contributed by atoms with van der Waals surface area (Å²) in [5.41, 5.74) is 0. The van der Waals surface area contributed by atoms with E-state index in [0.717, 1.165) is 19.5 Å². The predicted octanol–water partition coefficient (Wildman–Crippen LogP) is -1.06. The molecule has 1 rings (SSSR count). The summed E-state index contributed by atoms with van der Waals surface area (Å²) < 4.78 is 0. The van der Waals surface area contributed by atoms with E-state index < -0.39 is 11.8 Å². The third kappa shape index (κ3) is 2.99. The van der Waals surface area contributed by atoms with Gasteiger partial charge in [-0.1, -0.05) is 0 Å². The van der Waals surface area contributed by atoms with Gasteiger partial charge in [-0.05, 0) is 19.9 Å². The summed E-state index contributed by atoms with van der Waals surface area (Å²) in [6.45, 7) is 5.27. The molecule has 5 heteroatoms. The molecule has 5 nitrogen and oxygen atoms in total.